The summed E-state index contributed by atoms with van der Waals surface area (Å²) >= 11 is 0. The first-order chi connectivity index (χ1) is 6.93. The highest BCUT2D eigenvalue weighted by atomic mass is 16.4. The van der Waals surface area contributed by atoms with Gasteiger partial charge < -0.3 is 15.7 Å². The molecule has 0 aromatic carbocycles. The molecular formula is C10H18N2O3. The summed E-state index contributed by atoms with van der Waals surface area (Å²) in [7, 11) is 1.50. The highest BCUT2D eigenvalue weighted by molar-refractivity contribution is 5.83. The van der Waals surface area contributed by atoms with Gasteiger partial charge in [-0.25, -0.2) is 4.79 Å². The summed E-state index contributed by atoms with van der Waals surface area (Å²) in [6.45, 7) is 1.49. The fourth-order valence-corrected chi connectivity index (χ4v) is 1.42. The van der Waals surface area contributed by atoms with Gasteiger partial charge in [-0.2, -0.15) is 0 Å². The van der Waals surface area contributed by atoms with E-state index in [2.05, 4.69) is 0 Å². The standard InChI is InChI=1S/C10H18N2O3/c1-6(10(14)15)12(2)9(13)5-8(11)7-3-4-7/h6-8H,3-5,11H2,1-2H3,(H,14,15). The molecule has 1 amide bonds. The Balaban J connectivity index is 2.41. The van der Waals surface area contributed by atoms with Crippen molar-refractivity contribution in [1.82, 2.24) is 4.90 Å². The summed E-state index contributed by atoms with van der Waals surface area (Å²) in [4.78, 5) is 23.5. The van der Waals surface area contributed by atoms with E-state index in [1.807, 2.05) is 0 Å². The summed E-state index contributed by atoms with van der Waals surface area (Å²) in [6, 6.07) is -0.898. The third kappa shape index (κ3) is 3.20. The lowest BCUT2D eigenvalue weighted by atomic mass is 10.1. The summed E-state index contributed by atoms with van der Waals surface area (Å²) in [5, 5.41) is 8.73. The predicted molar refractivity (Wildman–Crippen MR) is 55.2 cm³/mol. The molecule has 0 saturated heterocycles. The van der Waals surface area contributed by atoms with E-state index < -0.39 is 12.0 Å². The molecule has 0 radical (unpaired) electrons. The van der Waals surface area contributed by atoms with E-state index >= 15 is 0 Å². The molecule has 1 rings (SSSR count). The van der Waals surface area contributed by atoms with Gasteiger partial charge in [0.1, 0.15) is 6.04 Å². The smallest absolute Gasteiger partial charge is 0.326 e. The second kappa shape index (κ2) is 4.61. The summed E-state index contributed by atoms with van der Waals surface area (Å²) in [5.41, 5.74) is 5.80. The molecule has 0 bridgehead atoms. The monoisotopic (exact) mass is 214 g/mol. The highest BCUT2D eigenvalue weighted by Crippen LogP contribution is 2.32. The van der Waals surface area contributed by atoms with E-state index in [1.54, 1.807) is 0 Å². The molecule has 1 fully saturated rings. The Morgan fingerprint density at radius 1 is 1.53 bits per heavy atom. The first-order valence-corrected chi connectivity index (χ1v) is 5.17. The van der Waals surface area contributed by atoms with Crippen LogP contribution < -0.4 is 5.73 Å². The van der Waals surface area contributed by atoms with Crippen molar-refractivity contribution in [3.05, 3.63) is 0 Å². The summed E-state index contributed by atoms with van der Waals surface area (Å²) in [6.07, 6.45) is 2.43. The number of hydrogen-bond donors (Lipinski definition) is 2. The van der Waals surface area contributed by atoms with Crippen LogP contribution in [-0.2, 0) is 9.59 Å². The van der Waals surface area contributed by atoms with E-state index in [1.165, 1.54) is 18.9 Å². The van der Waals surface area contributed by atoms with Crippen molar-refractivity contribution in [1.29, 1.82) is 0 Å². The maximum atomic E-state index is 11.6. The second-order valence-corrected chi connectivity index (χ2v) is 4.22. The predicted octanol–water partition coefficient (Wildman–Crippen LogP) is 0.0453. The third-order valence-electron chi connectivity index (χ3n) is 2.97. The lowest BCUT2D eigenvalue weighted by Crippen LogP contribution is -2.42. The molecule has 0 spiro atoms. The molecule has 0 aromatic rings. The lowest BCUT2D eigenvalue weighted by molar-refractivity contribution is -0.148. The van der Waals surface area contributed by atoms with E-state index in [4.69, 9.17) is 10.8 Å². The van der Waals surface area contributed by atoms with Crippen molar-refractivity contribution in [3.63, 3.8) is 0 Å². The zero-order valence-electron chi connectivity index (χ0n) is 9.14. The molecule has 86 valence electrons. The van der Waals surface area contributed by atoms with Gasteiger partial charge in [-0.1, -0.05) is 0 Å². The van der Waals surface area contributed by atoms with Crippen molar-refractivity contribution in [2.45, 2.75) is 38.3 Å². The first kappa shape index (κ1) is 12.0. The van der Waals surface area contributed by atoms with Gasteiger partial charge in [0.25, 0.3) is 0 Å². The van der Waals surface area contributed by atoms with Crippen LogP contribution in [0.3, 0.4) is 0 Å². The molecule has 1 saturated carbocycles. The zero-order chi connectivity index (χ0) is 11.6. The van der Waals surface area contributed by atoms with Crippen LogP contribution in [0, 0.1) is 5.92 Å². The summed E-state index contributed by atoms with van der Waals surface area (Å²) in [5.74, 6) is -0.724. The molecule has 2 atom stereocenters. The molecule has 0 aromatic heterocycles. The number of carbonyl (C=O) groups excluding carboxylic acids is 1. The number of carboxylic acids is 1. The minimum atomic E-state index is -0.995. The number of nitrogens with two attached hydrogens (primary N) is 1. The van der Waals surface area contributed by atoms with Crippen LogP contribution in [-0.4, -0.2) is 41.0 Å². The van der Waals surface area contributed by atoms with Crippen molar-refractivity contribution >= 4 is 11.9 Å². The molecule has 1 aliphatic rings. The van der Waals surface area contributed by atoms with Crippen LogP contribution in [0.15, 0.2) is 0 Å². The van der Waals surface area contributed by atoms with Gasteiger partial charge in [-0.3, -0.25) is 4.79 Å². The van der Waals surface area contributed by atoms with Crippen molar-refractivity contribution in [2.75, 3.05) is 7.05 Å². The maximum Gasteiger partial charge on any atom is 0.326 e. The fourth-order valence-electron chi connectivity index (χ4n) is 1.42. The lowest BCUT2D eigenvalue weighted by Gasteiger charge is -2.23. The quantitative estimate of drug-likeness (QED) is 0.677. The molecule has 3 N–H and O–H groups in total. The molecule has 0 aliphatic heterocycles. The van der Waals surface area contributed by atoms with E-state index in [-0.39, 0.29) is 18.4 Å². The Bertz CT molecular complexity index is 263. The minimum absolute atomic E-state index is 0.110. The second-order valence-electron chi connectivity index (χ2n) is 4.22. The summed E-state index contributed by atoms with van der Waals surface area (Å²) < 4.78 is 0. The van der Waals surface area contributed by atoms with Crippen LogP contribution in [0.1, 0.15) is 26.2 Å². The number of aliphatic carboxylic acids is 1. The normalized spacial score (nSPS) is 19.4. The van der Waals surface area contributed by atoms with Crippen LogP contribution in [0.25, 0.3) is 0 Å². The Labute approximate surface area is 89.2 Å². The van der Waals surface area contributed by atoms with Gasteiger partial charge in [0, 0.05) is 19.5 Å². The van der Waals surface area contributed by atoms with Crippen LogP contribution in [0.2, 0.25) is 0 Å². The van der Waals surface area contributed by atoms with Gasteiger partial charge in [-0.15, -0.1) is 0 Å². The van der Waals surface area contributed by atoms with Crippen LogP contribution >= 0.6 is 0 Å². The van der Waals surface area contributed by atoms with E-state index in [0.717, 1.165) is 12.8 Å². The topological polar surface area (TPSA) is 83.6 Å². The maximum absolute atomic E-state index is 11.6. The largest absolute Gasteiger partial charge is 0.480 e. The molecule has 0 heterocycles. The number of carbonyl (C=O) groups is 2. The third-order valence-corrected chi connectivity index (χ3v) is 2.97. The van der Waals surface area contributed by atoms with Gasteiger partial charge in [-0.05, 0) is 25.7 Å². The van der Waals surface area contributed by atoms with Crippen molar-refractivity contribution < 1.29 is 14.7 Å². The Kier molecular flexibility index (Phi) is 3.68. The van der Waals surface area contributed by atoms with Crippen molar-refractivity contribution in [2.24, 2.45) is 11.7 Å². The molecule has 5 heteroatoms. The van der Waals surface area contributed by atoms with E-state index in [9.17, 15) is 9.59 Å². The Hall–Kier alpha value is -1.10. The van der Waals surface area contributed by atoms with Crippen LogP contribution in [0.5, 0.6) is 0 Å². The number of amides is 1. The number of hydrogen-bond acceptors (Lipinski definition) is 3. The molecule has 5 nitrogen and oxygen atoms in total. The Morgan fingerprint density at radius 2 is 2.07 bits per heavy atom. The van der Waals surface area contributed by atoms with Gasteiger partial charge in [0.15, 0.2) is 0 Å². The van der Waals surface area contributed by atoms with Crippen LogP contribution in [0.4, 0.5) is 0 Å². The SMILES string of the molecule is CC(C(=O)O)N(C)C(=O)CC(N)C1CC1. The number of carboxylic acid groups (broad SMARTS) is 1. The van der Waals surface area contributed by atoms with Crippen molar-refractivity contribution in [3.8, 4) is 0 Å². The van der Waals surface area contributed by atoms with Gasteiger partial charge >= 0.3 is 5.97 Å². The number of likely N-dealkylation sites (N-methyl/N-ethyl adjacent to an activating group) is 1. The van der Waals surface area contributed by atoms with Gasteiger partial charge in [0.05, 0.1) is 0 Å². The van der Waals surface area contributed by atoms with E-state index in [0.29, 0.717) is 5.92 Å². The molecule has 15 heavy (non-hydrogen) atoms. The average molecular weight is 214 g/mol. The number of nitrogens with zero attached hydrogens (tertiary/aromatic N) is 1. The molecule has 2 unspecified atom stereocenters. The average Bonchev–Trinajstić information content (AvgIpc) is 2.98. The first-order valence-electron chi connectivity index (χ1n) is 5.17. The zero-order valence-corrected chi connectivity index (χ0v) is 9.14. The Morgan fingerprint density at radius 3 is 2.47 bits per heavy atom. The highest BCUT2D eigenvalue weighted by Gasteiger charge is 2.31. The minimum Gasteiger partial charge on any atom is -0.480 e. The number of rotatable bonds is 5. The van der Waals surface area contributed by atoms with Gasteiger partial charge in [0.2, 0.25) is 5.91 Å². The fraction of sp³-hybridized carbons (Fsp3) is 0.800. The molecular weight excluding hydrogens is 196 g/mol. The molecule has 1 aliphatic carbocycles.